The summed E-state index contributed by atoms with van der Waals surface area (Å²) in [5, 5.41) is 0. The molecule has 0 aromatic rings. The fourth-order valence-electron chi connectivity index (χ4n) is 0.784. The van der Waals surface area contributed by atoms with E-state index in [1.807, 2.05) is 12.2 Å². The highest BCUT2D eigenvalue weighted by Crippen LogP contribution is 1.98. The first-order valence-electron chi connectivity index (χ1n) is 4.15. The van der Waals surface area contributed by atoms with Crippen molar-refractivity contribution in [2.24, 2.45) is 0 Å². The van der Waals surface area contributed by atoms with Crippen molar-refractivity contribution < 1.29 is 4.79 Å². The van der Waals surface area contributed by atoms with Crippen LogP contribution in [0, 0.1) is 0 Å². The Morgan fingerprint density at radius 1 is 1.25 bits per heavy atom. The third-order valence-electron chi connectivity index (χ3n) is 1.35. The largest absolute Gasteiger partial charge is 0.295 e. The van der Waals surface area contributed by atoms with Gasteiger partial charge in [0.1, 0.15) is 0 Å². The predicted molar refractivity (Wildman–Crippen MR) is 53.5 cm³/mol. The van der Waals surface area contributed by atoms with E-state index in [9.17, 15) is 4.79 Å². The normalized spacial score (nSPS) is 11.5. The predicted octanol–water partition coefficient (Wildman–Crippen LogP) is 3.10. The maximum Gasteiger partial charge on any atom is 0.152 e. The standard InChI is InChI=1S/C10H15ClO/c1-10(12)8-6-4-2-3-5-7-9-11/h5-8H,2-4,9H2,1H3/b7-5+,8-6+. The maximum absolute atomic E-state index is 10.5. The Kier molecular flexibility index (Phi) is 8.14. The molecule has 0 aliphatic heterocycles. The van der Waals surface area contributed by atoms with Crippen LogP contribution in [0.4, 0.5) is 0 Å². The molecule has 0 unspecified atom stereocenters. The SMILES string of the molecule is CC(=O)/C=C/CCC/C=C/CCl. The first kappa shape index (κ1) is 11.4. The fourth-order valence-corrected chi connectivity index (χ4v) is 0.910. The van der Waals surface area contributed by atoms with Gasteiger partial charge < -0.3 is 0 Å². The van der Waals surface area contributed by atoms with E-state index >= 15 is 0 Å². The molecule has 0 atom stereocenters. The number of halogens is 1. The lowest BCUT2D eigenvalue weighted by atomic mass is 10.2. The summed E-state index contributed by atoms with van der Waals surface area (Å²) in [4.78, 5) is 10.5. The fraction of sp³-hybridized carbons (Fsp3) is 0.500. The summed E-state index contributed by atoms with van der Waals surface area (Å²) >= 11 is 5.44. The molecule has 0 heterocycles. The molecule has 12 heavy (non-hydrogen) atoms. The number of alkyl halides is 1. The van der Waals surface area contributed by atoms with Gasteiger partial charge in [0.25, 0.3) is 0 Å². The third kappa shape index (κ3) is 9.44. The first-order valence-corrected chi connectivity index (χ1v) is 4.69. The van der Waals surface area contributed by atoms with Gasteiger partial charge in [0, 0.05) is 5.88 Å². The van der Waals surface area contributed by atoms with E-state index in [1.54, 1.807) is 13.0 Å². The molecule has 0 spiro atoms. The molecule has 0 bridgehead atoms. The molecule has 0 aromatic carbocycles. The lowest BCUT2D eigenvalue weighted by molar-refractivity contribution is -0.112. The minimum Gasteiger partial charge on any atom is -0.295 e. The Morgan fingerprint density at radius 3 is 2.50 bits per heavy atom. The minimum atomic E-state index is 0.117. The number of unbranched alkanes of at least 4 members (excludes halogenated alkanes) is 2. The van der Waals surface area contributed by atoms with Gasteiger partial charge in [-0.15, -0.1) is 11.6 Å². The Balaban J connectivity index is 3.21. The van der Waals surface area contributed by atoms with Crippen molar-refractivity contribution in [1.82, 2.24) is 0 Å². The average molecular weight is 187 g/mol. The molecule has 0 radical (unpaired) electrons. The van der Waals surface area contributed by atoms with Gasteiger partial charge in [-0.2, -0.15) is 0 Å². The molecular formula is C10H15ClO. The van der Waals surface area contributed by atoms with Crippen molar-refractivity contribution in [2.45, 2.75) is 26.2 Å². The Bertz CT molecular complexity index is 171. The van der Waals surface area contributed by atoms with E-state index in [1.165, 1.54) is 0 Å². The second-order valence-electron chi connectivity index (χ2n) is 2.57. The molecule has 2 heteroatoms. The van der Waals surface area contributed by atoms with Gasteiger partial charge in [-0.25, -0.2) is 0 Å². The van der Waals surface area contributed by atoms with E-state index in [0.717, 1.165) is 19.3 Å². The van der Waals surface area contributed by atoms with Crippen molar-refractivity contribution in [3.8, 4) is 0 Å². The highest BCUT2D eigenvalue weighted by atomic mass is 35.5. The maximum atomic E-state index is 10.5. The van der Waals surface area contributed by atoms with Crippen LogP contribution in [-0.4, -0.2) is 11.7 Å². The molecule has 0 aromatic heterocycles. The molecule has 0 aliphatic carbocycles. The average Bonchev–Trinajstić information content (AvgIpc) is 2.02. The monoisotopic (exact) mass is 186 g/mol. The summed E-state index contributed by atoms with van der Waals surface area (Å²) in [7, 11) is 0. The first-order chi connectivity index (χ1) is 5.77. The van der Waals surface area contributed by atoms with E-state index in [4.69, 9.17) is 11.6 Å². The van der Waals surface area contributed by atoms with E-state index in [0.29, 0.717) is 5.88 Å². The molecule has 0 fully saturated rings. The third-order valence-corrected chi connectivity index (χ3v) is 1.53. The zero-order chi connectivity index (χ0) is 9.23. The van der Waals surface area contributed by atoms with E-state index in [2.05, 4.69) is 6.08 Å². The van der Waals surface area contributed by atoms with Crippen LogP contribution in [0.1, 0.15) is 26.2 Å². The number of rotatable bonds is 6. The second kappa shape index (κ2) is 8.54. The molecule has 0 saturated heterocycles. The summed E-state index contributed by atoms with van der Waals surface area (Å²) in [5.41, 5.74) is 0. The molecule has 0 aliphatic rings. The van der Waals surface area contributed by atoms with E-state index < -0.39 is 0 Å². The highest BCUT2D eigenvalue weighted by Gasteiger charge is 1.82. The van der Waals surface area contributed by atoms with Crippen LogP contribution in [0.25, 0.3) is 0 Å². The molecule has 68 valence electrons. The molecule has 0 N–H and O–H groups in total. The molecular weight excluding hydrogens is 172 g/mol. The number of carbonyl (C=O) groups excluding carboxylic acids is 1. The summed E-state index contributed by atoms with van der Waals surface area (Å²) in [6, 6.07) is 0. The molecule has 0 amide bonds. The number of ketones is 1. The van der Waals surface area contributed by atoms with Gasteiger partial charge in [0.05, 0.1) is 0 Å². The molecule has 0 rings (SSSR count). The summed E-state index contributed by atoms with van der Waals surface area (Å²) in [5.74, 6) is 0.704. The van der Waals surface area contributed by atoms with Gasteiger partial charge in [0.2, 0.25) is 0 Å². The lowest BCUT2D eigenvalue weighted by Gasteiger charge is -1.88. The van der Waals surface area contributed by atoms with Crippen LogP contribution in [-0.2, 0) is 4.79 Å². The minimum absolute atomic E-state index is 0.117. The number of allylic oxidation sites excluding steroid dienone is 4. The summed E-state index contributed by atoms with van der Waals surface area (Å²) in [6.45, 7) is 1.56. The number of hydrogen-bond donors (Lipinski definition) is 0. The smallest absolute Gasteiger partial charge is 0.152 e. The Morgan fingerprint density at radius 2 is 1.92 bits per heavy atom. The summed E-state index contributed by atoms with van der Waals surface area (Å²) < 4.78 is 0. The van der Waals surface area contributed by atoms with Crippen molar-refractivity contribution in [3.05, 3.63) is 24.3 Å². The molecule has 0 saturated carbocycles. The van der Waals surface area contributed by atoms with E-state index in [-0.39, 0.29) is 5.78 Å². The number of carbonyl (C=O) groups is 1. The quantitative estimate of drug-likeness (QED) is 0.270. The van der Waals surface area contributed by atoms with Crippen molar-refractivity contribution in [2.75, 3.05) is 5.88 Å². The Labute approximate surface area is 79.1 Å². The van der Waals surface area contributed by atoms with Crippen LogP contribution < -0.4 is 0 Å². The lowest BCUT2D eigenvalue weighted by Crippen LogP contribution is -1.79. The van der Waals surface area contributed by atoms with Gasteiger partial charge >= 0.3 is 0 Å². The zero-order valence-electron chi connectivity index (χ0n) is 7.42. The highest BCUT2D eigenvalue weighted by molar-refractivity contribution is 6.18. The van der Waals surface area contributed by atoms with Gasteiger partial charge in [-0.1, -0.05) is 18.2 Å². The van der Waals surface area contributed by atoms with Crippen molar-refractivity contribution in [3.63, 3.8) is 0 Å². The number of hydrogen-bond acceptors (Lipinski definition) is 1. The van der Waals surface area contributed by atoms with Crippen LogP contribution in [0.2, 0.25) is 0 Å². The zero-order valence-corrected chi connectivity index (χ0v) is 8.18. The van der Waals surface area contributed by atoms with Crippen molar-refractivity contribution in [1.29, 1.82) is 0 Å². The van der Waals surface area contributed by atoms with Gasteiger partial charge in [-0.3, -0.25) is 4.79 Å². The second-order valence-corrected chi connectivity index (χ2v) is 2.88. The van der Waals surface area contributed by atoms with Crippen LogP contribution >= 0.6 is 11.6 Å². The van der Waals surface area contributed by atoms with Gasteiger partial charge in [0.15, 0.2) is 5.78 Å². The Hall–Kier alpha value is -0.560. The van der Waals surface area contributed by atoms with Crippen LogP contribution in [0.3, 0.4) is 0 Å². The topological polar surface area (TPSA) is 17.1 Å². The van der Waals surface area contributed by atoms with Crippen molar-refractivity contribution >= 4 is 17.4 Å². The van der Waals surface area contributed by atoms with Crippen LogP contribution in [0.5, 0.6) is 0 Å². The van der Waals surface area contributed by atoms with Crippen LogP contribution in [0.15, 0.2) is 24.3 Å². The summed E-state index contributed by atoms with van der Waals surface area (Å²) in [6.07, 6.45) is 10.6. The van der Waals surface area contributed by atoms with Gasteiger partial charge in [-0.05, 0) is 32.3 Å². The molecule has 1 nitrogen and oxygen atoms in total.